The number of hydrazone groups is 1. The van der Waals surface area contributed by atoms with Crippen LogP contribution in [0.3, 0.4) is 0 Å². The summed E-state index contributed by atoms with van der Waals surface area (Å²) in [5, 5.41) is 7.97. The number of halogens is 1. The summed E-state index contributed by atoms with van der Waals surface area (Å²) in [4.78, 5) is 12.0. The molecule has 9 heteroatoms. The highest BCUT2D eigenvalue weighted by atomic mass is 79.9. The number of benzene rings is 1. The Morgan fingerprint density at radius 3 is 2.33 bits per heavy atom. The summed E-state index contributed by atoms with van der Waals surface area (Å²) < 4.78 is 17.9. The average molecular weight is 397 g/mol. The third-order valence-electron chi connectivity index (χ3n) is 3.07. The number of ether oxygens (including phenoxy) is 3. The fourth-order valence-electron chi connectivity index (χ4n) is 2.01. The predicted octanol–water partition coefficient (Wildman–Crippen LogP) is 1.97. The van der Waals surface area contributed by atoms with Gasteiger partial charge in [0.15, 0.2) is 17.2 Å². The lowest BCUT2D eigenvalue weighted by atomic mass is 10.2. The van der Waals surface area contributed by atoms with Gasteiger partial charge in [-0.05, 0) is 28.1 Å². The Morgan fingerprint density at radius 2 is 1.88 bits per heavy atom. The SMILES string of the molecule is COc1cc(C=NNC(=O)c2nn(C)cc2Br)cc(OC)c1OC. The van der Waals surface area contributed by atoms with E-state index in [0.29, 0.717) is 27.3 Å². The van der Waals surface area contributed by atoms with E-state index in [1.54, 1.807) is 25.4 Å². The molecule has 1 aromatic heterocycles. The number of hydrogen-bond acceptors (Lipinski definition) is 6. The van der Waals surface area contributed by atoms with Crippen LogP contribution in [0, 0.1) is 0 Å². The van der Waals surface area contributed by atoms with E-state index in [9.17, 15) is 4.79 Å². The van der Waals surface area contributed by atoms with Crippen molar-refractivity contribution in [2.24, 2.45) is 12.1 Å². The van der Waals surface area contributed by atoms with E-state index in [1.165, 1.54) is 32.2 Å². The molecule has 1 aromatic carbocycles. The van der Waals surface area contributed by atoms with Crippen LogP contribution in [0.15, 0.2) is 27.9 Å². The maximum atomic E-state index is 12.0. The topological polar surface area (TPSA) is 87.0 Å². The Balaban J connectivity index is 2.17. The normalized spacial score (nSPS) is 10.7. The van der Waals surface area contributed by atoms with Crippen molar-refractivity contribution in [3.05, 3.63) is 34.1 Å². The van der Waals surface area contributed by atoms with Gasteiger partial charge in [-0.1, -0.05) is 0 Å². The Morgan fingerprint density at radius 1 is 1.25 bits per heavy atom. The quantitative estimate of drug-likeness (QED) is 0.595. The summed E-state index contributed by atoms with van der Waals surface area (Å²) in [6.07, 6.45) is 3.15. The molecule has 0 bridgehead atoms. The van der Waals surface area contributed by atoms with Crippen molar-refractivity contribution in [3.8, 4) is 17.2 Å². The monoisotopic (exact) mass is 396 g/mol. The molecule has 0 aliphatic heterocycles. The summed E-state index contributed by atoms with van der Waals surface area (Å²) in [6, 6.07) is 3.43. The third kappa shape index (κ3) is 3.85. The first-order valence-electron chi connectivity index (χ1n) is 6.82. The second kappa shape index (κ2) is 7.82. The molecule has 0 saturated carbocycles. The van der Waals surface area contributed by atoms with E-state index in [0.717, 1.165) is 0 Å². The van der Waals surface area contributed by atoms with Gasteiger partial charge in [-0.15, -0.1) is 0 Å². The highest BCUT2D eigenvalue weighted by molar-refractivity contribution is 9.10. The molecule has 128 valence electrons. The molecule has 1 heterocycles. The highest BCUT2D eigenvalue weighted by Gasteiger charge is 2.14. The number of nitrogens with zero attached hydrogens (tertiary/aromatic N) is 3. The fourth-order valence-corrected chi connectivity index (χ4v) is 2.56. The second-order valence-electron chi connectivity index (χ2n) is 4.66. The Labute approximate surface area is 147 Å². The van der Waals surface area contributed by atoms with Crippen molar-refractivity contribution in [2.75, 3.05) is 21.3 Å². The van der Waals surface area contributed by atoms with E-state index in [1.807, 2.05) is 0 Å². The smallest absolute Gasteiger partial charge is 0.293 e. The minimum atomic E-state index is -0.425. The zero-order valence-electron chi connectivity index (χ0n) is 13.7. The van der Waals surface area contributed by atoms with Gasteiger partial charge in [-0.25, -0.2) is 5.43 Å². The third-order valence-corrected chi connectivity index (χ3v) is 3.65. The molecule has 0 atom stereocenters. The van der Waals surface area contributed by atoms with Crippen molar-refractivity contribution in [2.45, 2.75) is 0 Å². The lowest BCUT2D eigenvalue weighted by Gasteiger charge is -2.12. The minimum absolute atomic E-state index is 0.250. The van der Waals surface area contributed by atoms with Crippen LogP contribution < -0.4 is 19.6 Å². The zero-order valence-corrected chi connectivity index (χ0v) is 15.2. The van der Waals surface area contributed by atoms with Crippen LogP contribution in [0.25, 0.3) is 0 Å². The van der Waals surface area contributed by atoms with Gasteiger partial charge in [-0.3, -0.25) is 9.48 Å². The molecule has 0 spiro atoms. The van der Waals surface area contributed by atoms with Crippen LogP contribution in [0.5, 0.6) is 17.2 Å². The van der Waals surface area contributed by atoms with Crippen LogP contribution >= 0.6 is 15.9 Å². The molecule has 0 fully saturated rings. The summed E-state index contributed by atoms with van der Waals surface area (Å²) in [7, 11) is 6.30. The van der Waals surface area contributed by atoms with Gasteiger partial charge >= 0.3 is 0 Å². The molecular weight excluding hydrogens is 380 g/mol. The van der Waals surface area contributed by atoms with Crippen LogP contribution in [0.2, 0.25) is 0 Å². The van der Waals surface area contributed by atoms with Crippen LogP contribution in [-0.2, 0) is 7.05 Å². The molecule has 0 radical (unpaired) electrons. The summed E-state index contributed by atoms with van der Waals surface area (Å²) in [5.41, 5.74) is 3.34. The maximum absolute atomic E-state index is 12.0. The number of carbonyl (C=O) groups is 1. The molecule has 0 aliphatic rings. The number of rotatable bonds is 6. The van der Waals surface area contributed by atoms with Gasteiger partial charge in [0, 0.05) is 18.8 Å². The molecule has 2 aromatic rings. The predicted molar refractivity (Wildman–Crippen MR) is 92.1 cm³/mol. The van der Waals surface area contributed by atoms with Gasteiger partial charge in [0.05, 0.1) is 32.0 Å². The van der Waals surface area contributed by atoms with Crippen molar-refractivity contribution in [1.82, 2.24) is 15.2 Å². The number of aryl methyl sites for hydroxylation is 1. The maximum Gasteiger partial charge on any atom is 0.293 e. The molecule has 0 unspecified atom stereocenters. The first-order valence-corrected chi connectivity index (χ1v) is 7.62. The van der Waals surface area contributed by atoms with Gasteiger partial charge in [0.1, 0.15) is 0 Å². The van der Waals surface area contributed by atoms with E-state index in [-0.39, 0.29) is 5.69 Å². The first kappa shape index (κ1) is 17.8. The molecule has 1 amide bonds. The van der Waals surface area contributed by atoms with E-state index >= 15 is 0 Å². The van der Waals surface area contributed by atoms with Gasteiger partial charge in [-0.2, -0.15) is 10.2 Å². The summed E-state index contributed by atoms with van der Waals surface area (Å²) in [5.74, 6) is 1.05. The fraction of sp³-hybridized carbons (Fsp3) is 0.267. The van der Waals surface area contributed by atoms with Crippen molar-refractivity contribution in [3.63, 3.8) is 0 Å². The first-order chi connectivity index (χ1) is 11.5. The van der Waals surface area contributed by atoms with Gasteiger partial charge in [0.25, 0.3) is 5.91 Å². The molecular formula is C15H17BrN4O4. The number of carbonyl (C=O) groups excluding carboxylic acids is 1. The number of aromatic nitrogens is 2. The van der Waals surface area contributed by atoms with Crippen molar-refractivity contribution >= 4 is 28.1 Å². The van der Waals surface area contributed by atoms with Gasteiger partial charge < -0.3 is 14.2 Å². The Hall–Kier alpha value is -2.55. The van der Waals surface area contributed by atoms with E-state index in [4.69, 9.17) is 14.2 Å². The van der Waals surface area contributed by atoms with Crippen LogP contribution in [0.4, 0.5) is 0 Å². The van der Waals surface area contributed by atoms with Gasteiger partial charge in [0.2, 0.25) is 5.75 Å². The minimum Gasteiger partial charge on any atom is -0.493 e. The molecule has 8 nitrogen and oxygen atoms in total. The Kier molecular flexibility index (Phi) is 5.80. The largest absolute Gasteiger partial charge is 0.493 e. The lowest BCUT2D eigenvalue weighted by Crippen LogP contribution is -2.19. The highest BCUT2D eigenvalue weighted by Crippen LogP contribution is 2.37. The zero-order chi connectivity index (χ0) is 17.7. The second-order valence-corrected chi connectivity index (χ2v) is 5.51. The van der Waals surface area contributed by atoms with Crippen LogP contribution in [0.1, 0.15) is 16.1 Å². The summed E-state index contributed by atoms with van der Waals surface area (Å²) >= 11 is 3.27. The van der Waals surface area contributed by atoms with E-state index < -0.39 is 5.91 Å². The standard InChI is InChI=1S/C15H17BrN4O4/c1-20-8-10(16)13(19-20)15(21)18-17-7-9-5-11(22-2)14(24-4)12(6-9)23-3/h5-8H,1-4H3,(H,18,21). The Bertz CT molecular complexity index is 748. The number of amides is 1. The summed E-state index contributed by atoms with van der Waals surface area (Å²) in [6.45, 7) is 0. The molecule has 24 heavy (non-hydrogen) atoms. The average Bonchev–Trinajstić information content (AvgIpc) is 2.92. The molecule has 0 aliphatic carbocycles. The number of nitrogens with one attached hydrogen (secondary N) is 1. The van der Waals surface area contributed by atoms with Crippen molar-refractivity contribution < 1.29 is 19.0 Å². The molecule has 2 rings (SSSR count). The van der Waals surface area contributed by atoms with Crippen molar-refractivity contribution in [1.29, 1.82) is 0 Å². The molecule has 0 saturated heterocycles. The lowest BCUT2D eigenvalue weighted by molar-refractivity contribution is 0.0948. The van der Waals surface area contributed by atoms with E-state index in [2.05, 4.69) is 31.6 Å². The molecule has 1 N–H and O–H groups in total. The van der Waals surface area contributed by atoms with Crippen LogP contribution in [-0.4, -0.2) is 43.2 Å². The number of methoxy groups -OCH3 is 3. The number of hydrogen-bond donors (Lipinski definition) is 1.